The van der Waals surface area contributed by atoms with Crippen LogP contribution in [0.5, 0.6) is 0 Å². The first-order valence-corrected chi connectivity index (χ1v) is 36.7. The minimum absolute atomic E-state index is 0.510. The maximum Gasteiger partial charge on any atom is 0.159 e. The number of benzene rings is 6. The van der Waals surface area contributed by atoms with Gasteiger partial charge in [-0.3, -0.25) is 0 Å². The molecule has 0 aliphatic heterocycles. The zero-order valence-electron chi connectivity index (χ0n) is 57.6. The average Bonchev–Trinajstić information content (AvgIpc) is 1.76. The number of anilines is 4. The van der Waals surface area contributed by atoms with Gasteiger partial charge in [0.05, 0.1) is 17.6 Å². The Morgan fingerprint density at radius 2 is 1.20 bits per heavy atom. The van der Waals surface area contributed by atoms with E-state index in [1.807, 2.05) is 19.9 Å². The van der Waals surface area contributed by atoms with E-state index in [2.05, 4.69) is 221 Å². The molecule has 8 aromatic rings. The molecule has 5 aliphatic carbocycles. The molecule has 13 rings (SSSR count). The summed E-state index contributed by atoms with van der Waals surface area (Å²) in [6.07, 6.45) is 62.4. The predicted octanol–water partition coefficient (Wildman–Crippen LogP) is 25.7. The number of terminal acetylenes is 1. The van der Waals surface area contributed by atoms with Gasteiger partial charge in [-0.15, -0.1) is 12.8 Å². The molecule has 486 valence electrons. The zero-order chi connectivity index (χ0) is 64.9. The second-order valence-electron chi connectivity index (χ2n) is 27.0. The second-order valence-corrected chi connectivity index (χ2v) is 27.0. The van der Waals surface area contributed by atoms with Crippen molar-refractivity contribution >= 4 is 80.1 Å². The van der Waals surface area contributed by atoms with Crippen LogP contribution in [0.3, 0.4) is 0 Å². The van der Waals surface area contributed by atoms with Gasteiger partial charge in [-0.1, -0.05) is 279 Å². The largest absolute Gasteiger partial charge is 0.454 e. The lowest BCUT2D eigenvalue weighted by Crippen LogP contribution is -2.27. The first-order chi connectivity index (χ1) is 45.9. The summed E-state index contributed by atoms with van der Waals surface area (Å²) in [5.41, 5.74) is 20.0. The van der Waals surface area contributed by atoms with Crippen LogP contribution in [0, 0.1) is 18.8 Å². The molecule has 3 fully saturated rings. The van der Waals surface area contributed by atoms with Crippen molar-refractivity contribution in [2.45, 2.75) is 233 Å². The van der Waals surface area contributed by atoms with Crippen LogP contribution in [-0.4, -0.2) is 0 Å². The molecule has 93 heavy (non-hydrogen) atoms. The number of hydrogen-bond acceptors (Lipinski definition) is 4. The Bertz CT molecular complexity index is 3980. The standard InChI is InChI=1S/C78H86N2O2.C7H14.C2H6.C2H2/c1-5-9-10-11-15-32-61-33-22-36-69-70-38-24-40-74(78(70)82-76(61)69)80(64-50-45-57(46-51-64)55(25-6-2)26-7-3)73-52-47-60-41-42-62-53-71(60)66(73)34-20-14-21-39-72(62)79(63-48-43-58(44-49-63)56-28-16-12-17-29-56)54-75-67(27-8-4)68-37-23-35-65(77(68)81-75)59-30-18-13-19-31-59;1-7-5-3-2-4-6-7;2*1-2/h8,20-24,27,33-52,54-56,59H,4-7,9-19,25-26,28-32,53H2,1-3H3;7H,2-6H2,1H3;1-2H3;1-2H/b34-20-,39-21-,67-27-,72-62+,75-54-;;;. The summed E-state index contributed by atoms with van der Waals surface area (Å²) in [5.74, 6) is 2.71. The molecule has 0 unspecified atom stereocenters. The van der Waals surface area contributed by atoms with Crippen molar-refractivity contribution in [2.75, 3.05) is 9.80 Å². The van der Waals surface area contributed by atoms with Crippen molar-refractivity contribution < 1.29 is 8.83 Å². The van der Waals surface area contributed by atoms with Crippen LogP contribution in [0.25, 0.3) is 57.3 Å². The number of allylic oxidation sites excluding steroid dienone is 6. The van der Waals surface area contributed by atoms with Gasteiger partial charge in [-0.25, -0.2) is 0 Å². The Hall–Kier alpha value is -7.74. The van der Waals surface area contributed by atoms with Crippen molar-refractivity contribution in [3.8, 4) is 12.8 Å². The van der Waals surface area contributed by atoms with Crippen LogP contribution >= 0.6 is 0 Å². The first kappa shape index (κ1) is 68.1. The maximum atomic E-state index is 7.26. The normalized spacial score (nSPS) is 17.9. The molecule has 0 N–H and O–H groups in total. The molecule has 2 aromatic heterocycles. The van der Waals surface area contributed by atoms with Crippen LogP contribution in [0.1, 0.15) is 259 Å². The topological polar surface area (TPSA) is 32.8 Å². The summed E-state index contributed by atoms with van der Waals surface area (Å²) in [6, 6.07) is 44.2. The molecular formula is C89H108N2O2. The second kappa shape index (κ2) is 34.4. The SMILES string of the molecule is C#C.C=C/C=c1\c(=C\N(C2=C3\C=Cc4ccc(N(c5ccc(C(CCC)CCC)cc5)c5cccc6c5oc5c(CCCCCCC)cccc56)c(c4C3)/C=C\C/C=C\2)c2ccc(C3CCCCC3)cc2)oc2c(C3CCCCC3)cccc12.CC.CC1CCCCC1. The van der Waals surface area contributed by atoms with E-state index in [9.17, 15) is 0 Å². The van der Waals surface area contributed by atoms with Crippen LogP contribution in [0.15, 0.2) is 172 Å². The molecule has 5 aliphatic rings. The molecule has 2 bridgehead atoms. The molecule has 0 atom stereocenters. The van der Waals surface area contributed by atoms with E-state index in [0.29, 0.717) is 17.8 Å². The van der Waals surface area contributed by atoms with Gasteiger partial charge in [0.25, 0.3) is 0 Å². The lowest BCUT2D eigenvalue weighted by Gasteiger charge is -2.31. The number of nitrogens with zero attached hydrogens (tertiary/aromatic N) is 2. The van der Waals surface area contributed by atoms with Crippen LogP contribution < -0.4 is 20.4 Å². The van der Waals surface area contributed by atoms with Crippen LogP contribution in [0.4, 0.5) is 22.7 Å². The molecule has 0 spiro atoms. The van der Waals surface area contributed by atoms with Gasteiger partial charge >= 0.3 is 0 Å². The van der Waals surface area contributed by atoms with Crippen molar-refractivity contribution in [3.63, 3.8) is 0 Å². The molecule has 0 amide bonds. The molecule has 6 aromatic carbocycles. The highest BCUT2D eigenvalue weighted by Gasteiger charge is 2.28. The third kappa shape index (κ3) is 16.1. The van der Waals surface area contributed by atoms with Gasteiger partial charge in [-0.05, 0) is 163 Å². The Morgan fingerprint density at radius 1 is 0.570 bits per heavy atom. The molecule has 2 heterocycles. The van der Waals surface area contributed by atoms with Gasteiger partial charge in [-0.2, -0.15) is 0 Å². The van der Waals surface area contributed by atoms with Gasteiger partial charge in [0.15, 0.2) is 11.0 Å². The highest BCUT2D eigenvalue weighted by atomic mass is 16.3. The highest BCUT2D eigenvalue weighted by molar-refractivity contribution is 6.11. The van der Waals surface area contributed by atoms with Gasteiger partial charge in [0.1, 0.15) is 11.2 Å². The lowest BCUT2D eigenvalue weighted by atomic mass is 9.83. The van der Waals surface area contributed by atoms with E-state index < -0.39 is 0 Å². The number of fused-ring (bicyclic) bond motifs is 5. The monoisotopic (exact) mass is 1240 g/mol. The number of para-hydroxylation sites is 3. The molecule has 0 saturated heterocycles. The summed E-state index contributed by atoms with van der Waals surface area (Å²) < 4.78 is 14.5. The Balaban J connectivity index is 0.000000794. The van der Waals surface area contributed by atoms with Crippen molar-refractivity contribution in [3.05, 3.63) is 213 Å². The number of furan rings is 2. The summed E-state index contributed by atoms with van der Waals surface area (Å²) in [7, 11) is 0. The maximum absolute atomic E-state index is 7.26. The van der Waals surface area contributed by atoms with E-state index in [1.54, 1.807) is 0 Å². The van der Waals surface area contributed by atoms with E-state index >= 15 is 0 Å². The predicted molar refractivity (Wildman–Crippen MR) is 405 cm³/mol. The van der Waals surface area contributed by atoms with Crippen LogP contribution in [0.2, 0.25) is 0 Å². The summed E-state index contributed by atoms with van der Waals surface area (Å²) in [4.78, 5) is 4.94. The third-order valence-corrected chi connectivity index (χ3v) is 20.7. The van der Waals surface area contributed by atoms with E-state index in [-0.39, 0.29) is 0 Å². The van der Waals surface area contributed by atoms with Crippen molar-refractivity contribution in [1.29, 1.82) is 0 Å². The molecule has 0 radical (unpaired) electrons. The molecule has 3 saturated carbocycles. The van der Waals surface area contributed by atoms with Gasteiger partial charge < -0.3 is 18.6 Å². The van der Waals surface area contributed by atoms with E-state index in [1.165, 1.54) is 204 Å². The fourth-order valence-corrected chi connectivity index (χ4v) is 15.8. The third-order valence-electron chi connectivity index (χ3n) is 20.7. The van der Waals surface area contributed by atoms with Crippen molar-refractivity contribution in [2.24, 2.45) is 5.92 Å². The quantitative estimate of drug-likeness (QED) is 0.0562. The highest BCUT2D eigenvalue weighted by Crippen LogP contribution is 2.47. The fourth-order valence-electron chi connectivity index (χ4n) is 15.8. The number of unbranched alkanes of at least 4 members (excludes halogenated alkanes) is 4. The minimum atomic E-state index is 0.510. The Kier molecular flexibility index (Phi) is 25.2. The summed E-state index contributed by atoms with van der Waals surface area (Å²) in [6.45, 7) is 17.5. The van der Waals surface area contributed by atoms with Crippen molar-refractivity contribution in [1.82, 2.24) is 0 Å². The Labute approximate surface area is 560 Å². The molecule has 4 nitrogen and oxygen atoms in total. The lowest BCUT2D eigenvalue weighted by molar-refractivity contribution is 0.385. The van der Waals surface area contributed by atoms with E-state index in [4.69, 9.17) is 8.83 Å². The number of hydrogen-bond donors (Lipinski definition) is 0. The van der Waals surface area contributed by atoms with Gasteiger partial charge in [0, 0.05) is 50.4 Å². The average molecular weight is 1240 g/mol. The molecular weight excluding hydrogens is 1130 g/mol. The fraction of sp³-hybridized carbons (Fsp3) is 0.416. The van der Waals surface area contributed by atoms with E-state index in [0.717, 1.165) is 91.8 Å². The van der Waals surface area contributed by atoms with Crippen LogP contribution in [-0.2, 0) is 12.8 Å². The van der Waals surface area contributed by atoms with Gasteiger partial charge in [0.2, 0.25) is 0 Å². The Morgan fingerprint density at radius 3 is 1.88 bits per heavy atom. The molecule has 4 heteroatoms. The number of rotatable bonds is 20. The zero-order valence-corrected chi connectivity index (χ0v) is 57.6. The summed E-state index contributed by atoms with van der Waals surface area (Å²) in [5, 5.41) is 4.59. The summed E-state index contributed by atoms with van der Waals surface area (Å²) >= 11 is 0. The smallest absolute Gasteiger partial charge is 0.159 e. The first-order valence-electron chi connectivity index (χ1n) is 36.7. The minimum Gasteiger partial charge on any atom is -0.454 e. The number of aryl methyl sites for hydroxylation is 1.